The fraction of sp³-hybridized carbons (Fsp3) is 0.300. The minimum atomic E-state index is -4.78. The molecule has 5 nitrogen and oxygen atoms in total. The Labute approximate surface area is 181 Å². The second-order valence-electron chi connectivity index (χ2n) is 6.86. The summed E-state index contributed by atoms with van der Waals surface area (Å²) in [5, 5.41) is 6.15. The molecule has 10 heteroatoms. The van der Waals surface area contributed by atoms with Crippen LogP contribution >= 0.6 is 23.2 Å². The highest BCUT2D eigenvalue weighted by atomic mass is 35.5. The van der Waals surface area contributed by atoms with Gasteiger partial charge in [0.05, 0.1) is 24.3 Å². The number of nitrogens with zero attached hydrogens (tertiary/aromatic N) is 1. The zero-order valence-electron chi connectivity index (χ0n) is 15.8. The summed E-state index contributed by atoms with van der Waals surface area (Å²) in [6.07, 6.45) is -5.67. The first-order valence-corrected chi connectivity index (χ1v) is 9.79. The van der Waals surface area contributed by atoms with Crippen LogP contribution in [-0.2, 0) is 9.59 Å². The van der Waals surface area contributed by atoms with E-state index in [4.69, 9.17) is 23.2 Å². The minimum absolute atomic E-state index is 0.00495. The Morgan fingerprint density at radius 3 is 2.63 bits per heavy atom. The van der Waals surface area contributed by atoms with Gasteiger partial charge in [0.1, 0.15) is 6.04 Å². The van der Waals surface area contributed by atoms with Crippen LogP contribution in [0.3, 0.4) is 0 Å². The summed E-state index contributed by atoms with van der Waals surface area (Å²) in [6, 6.07) is 8.05. The van der Waals surface area contributed by atoms with Crippen LogP contribution in [0.2, 0.25) is 10.0 Å². The van der Waals surface area contributed by atoms with Crippen LogP contribution in [0.5, 0.6) is 0 Å². The Bertz CT molecular complexity index is 969. The molecule has 2 unspecified atom stereocenters. The van der Waals surface area contributed by atoms with Crippen molar-refractivity contribution in [1.29, 1.82) is 0 Å². The number of hydrogen-bond donors (Lipinski definition) is 2. The lowest BCUT2D eigenvalue weighted by Gasteiger charge is -2.32. The molecule has 0 saturated carbocycles. The quantitative estimate of drug-likeness (QED) is 0.679. The molecule has 160 valence electrons. The van der Waals surface area contributed by atoms with E-state index in [1.807, 2.05) is 0 Å². The Kier molecular flexibility index (Phi) is 6.59. The molecule has 2 aromatic rings. The van der Waals surface area contributed by atoms with E-state index in [0.717, 1.165) is 0 Å². The van der Waals surface area contributed by atoms with Crippen molar-refractivity contribution in [2.75, 3.05) is 16.8 Å². The fourth-order valence-electron chi connectivity index (χ4n) is 3.28. The van der Waals surface area contributed by atoms with E-state index < -0.39 is 43.0 Å². The molecular weight excluding hydrogens is 442 g/mol. The molecular formula is C20H18Cl2F3N3O2. The monoisotopic (exact) mass is 459 g/mol. The zero-order valence-corrected chi connectivity index (χ0v) is 17.3. The van der Waals surface area contributed by atoms with E-state index in [9.17, 15) is 22.8 Å². The number of amides is 2. The molecule has 1 heterocycles. The summed E-state index contributed by atoms with van der Waals surface area (Å²) < 4.78 is 41.2. The van der Waals surface area contributed by atoms with E-state index >= 15 is 0 Å². The molecule has 0 saturated heterocycles. The van der Waals surface area contributed by atoms with Gasteiger partial charge in [0.25, 0.3) is 0 Å². The normalized spacial score (nSPS) is 17.7. The number of benzene rings is 2. The van der Waals surface area contributed by atoms with Gasteiger partial charge < -0.3 is 10.6 Å². The number of rotatable bonds is 4. The van der Waals surface area contributed by atoms with Crippen LogP contribution < -0.4 is 15.5 Å². The Hall–Kier alpha value is -2.29. The van der Waals surface area contributed by atoms with Crippen molar-refractivity contribution in [3.8, 4) is 0 Å². The van der Waals surface area contributed by atoms with E-state index in [0.29, 0.717) is 20.5 Å². The average molecular weight is 460 g/mol. The number of anilines is 2. The van der Waals surface area contributed by atoms with Gasteiger partial charge in [-0.3, -0.25) is 14.5 Å². The largest absolute Gasteiger partial charge is 0.409 e. The van der Waals surface area contributed by atoms with Crippen molar-refractivity contribution in [2.24, 2.45) is 0 Å². The number of nitrogens with one attached hydrogen (secondary N) is 2. The molecule has 0 fully saturated rings. The maximum absolute atomic E-state index is 13.7. The number of hydrogen-bond acceptors (Lipinski definition) is 3. The second-order valence-corrected chi connectivity index (χ2v) is 7.70. The molecule has 3 rings (SSSR count). The van der Waals surface area contributed by atoms with Crippen LogP contribution in [0.4, 0.5) is 24.5 Å². The van der Waals surface area contributed by atoms with Crippen molar-refractivity contribution >= 4 is 46.4 Å². The van der Waals surface area contributed by atoms with E-state index in [2.05, 4.69) is 10.6 Å². The number of fused-ring (bicyclic) bond motifs is 1. The van der Waals surface area contributed by atoms with E-state index in [-0.39, 0.29) is 11.4 Å². The lowest BCUT2D eigenvalue weighted by atomic mass is 10.1. The van der Waals surface area contributed by atoms with Gasteiger partial charge in [0, 0.05) is 16.1 Å². The average Bonchev–Trinajstić information content (AvgIpc) is 2.81. The fourth-order valence-corrected chi connectivity index (χ4v) is 3.86. The molecule has 30 heavy (non-hydrogen) atoms. The first kappa shape index (κ1) is 22.4. The standard InChI is InChI=1S/C20H18Cl2F3N3O2/c1-11(13-7-6-12(21)8-14(13)22)26-10-19(30)28-16-5-3-2-4-15(16)27-18(29)9-17(28)20(23,24)25/h2-8,11,17,26H,9-10H2,1H3,(H,27,29). The van der Waals surface area contributed by atoms with Gasteiger partial charge >= 0.3 is 6.18 Å². The van der Waals surface area contributed by atoms with Crippen LogP contribution in [-0.4, -0.2) is 30.6 Å². The third kappa shape index (κ3) is 4.88. The predicted molar refractivity (Wildman–Crippen MR) is 110 cm³/mol. The van der Waals surface area contributed by atoms with Crippen molar-refractivity contribution < 1.29 is 22.8 Å². The van der Waals surface area contributed by atoms with Gasteiger partial charge in [-0.15, -0.1) is 0 Å². The van der Waals surface area contributed by atoms with Crippen molar-refractivity contribution in [1.82, 2.24) is 5.32 Å². The number of para-hydroxylation sites is 2. The van der Waals surface area contributed by atoms with Crippen LogP contribution in [0.15, 0.2) is 42.5 Å². The second kappa shape index (κ2) is 8.83. The summed E-state index contributed by atoms with van der Waals surface area (Å²) in [5.74, 6) is -1.63. The SMILES string of the molecule is CC(NCC(=O)N1c2ccccc2NC(=O)CC1C(F)(F)F)c1ccc(Cl)cc1Cl. The zero-order chi connectivity index (χ0) is 22.1. The van der Waals surface area contributed by atoms with Crippen molar-refractivity contribution in [3.05, 3.63) is 58.1 Å². The number of carbonyl (C=O) groups is 2. The summed E-state index contributed by atoms with van der Waals surface area (Å²) in [6.45, 7) is 1.33. The number of halogens is 5. The lowest BCUT2D eigenvalue weighted by molar-refractivity contribution is -0.157. The molecule has 2 N–H and O–H groups in total. The van der Waals surface area contributed by atoms with Crippen molar-refractivity contribution in [3.63, 3.8) is 0 Å². The van der Waals surface area contributed by atoms with Gasteiger partial charge in [0.2, 0.25) is 11.8 Å². The first-order chi connectivity index (χ1) is 14.1. The highest BCUT2D eigenvalue weighted by Crippen LogP contribution is 2.37. The summed E-state index contributed by atoms with van der Waals surface area (Å²) >= 11 is 12.0. The molecule has 0 aromatic heterocycles. The van der Waals surface area contributed by atoms with Crippen molar-refractivity contribution in [2.45, 2.75) is 31.6 Å². The van der Waals surface area contributed by atoms with Crippen LogP contribution in [0.25, 0.3) is 0 Å². The minimum Gasteiger partial charge on any atom is -0.324 e. The number of alkyl halides is 3. The van der Waals surface area contributed by atoms with E-state index in [1.54, 1.807) is 31.2 Å². The van der Waals surface area contributed by atoms with E-state index in [1.165, 1.54) is 18.2 Å². The smallest absolute Gasteiger partial charge is 0.324 e. The van der Waals surface area contributed by atoms with Gasteiger partial charge in [-0.1, -0.05) is 41.4 Å². The summed E-state index contributed by atoms with van der Waals surface area (Å²) in [5.41, 5.74) is 0.792. The van der Waals surface area contributed by atoms with Gasteiger partial charge in [-0.2, -0.15) is 13.2 Å². The van der Waals surface area contributed by atoms with Gasteiger partial charge in [-0.25, -0.2) is 0 Å². The maximum Gasteiger partial charge on any atom is 0.409 e. The lowest BCUT2D eigenvalue weighted by Crippen LogP contribution is -2.52. The highest BCUT2D eigenvalue weighted by Gasteiger charge is 2.48. The molecule has 0 bridgehead atoms. The molecule has 2 aromatic carbocycles. The van der Waals surface area contributed by atoms with Crippen LogP contribution in [0, 0.1) is 0 Å². The third-order valence-electron chi connectivity index (χ3n) is 4.76. The molecule has 2 amide bonds. The molecule has 0 aliphatic carbocycles. The van der Waals surface area contributed by atoms with Gasteiger partial charge in [0.15, 0.2) is 0 Å². The molecule has 1 aliphatic rings. The first-order valence-electron chi connectivity index (χ1n) is 9.04. The third-order valence-corrected chi connectivity index (χ3v) is 5.33. The maximum atomic E-state index is 13.7. The Morgan fingerprint density at radius 1 is 1.27 bits per heavy atom. The van der Waals surface area contributed by atoms with Crippen LogP contribution in [0.1, 0.15) is 24.9 Å². The number of carbonyl (C=O) groups excluding carboxylic acids is 2. The van der Waals surface area contributed by atoms with Gasteiger partial charge in [-0.05, 0) is 36.8 Å². The summed E-state index contributed by atoms with van der Waals surface area (Å²) in [4.78, 5) is 25.6. The molecule has 1 aliphatic heterocycles. The highest BCUT2D eigenvalue weighted by molar-refractivity contribution is 6.35. The Balaban J connectivity index is 1.86. The molecule has 0 radical (unpaired) electrons. The topological polar surface area (TPSA) is 61.4 Å². The summed E-state index contributed by atoms with van der Waals surface area (Å²) in [7, 11) is 0. The predicted octanol–water partition coefficient (Wildman–Crippen LogP) is 4.95. The molecule has 2 atom stereocenters. The molecule has 0 spiro atoms. The Morgan fingerprint density at radius 2 is 1.97 bits per heavy atom.